The Kier molecular flexibility index (Phi) is 7.11. The van der Waals surface area contributed by atoms with Gasteiger partial charge in [0, 0.05) is 13.3 Å². The molecule has 1 atom stereocenters. The Bertz CT molecular complexity index is 116. The molecule has 0 spiro atoms. The van der Waals surface area contributed by atoms with Crippen LogP contribution in [0.5, 0.6) is 0 Å². The van der Waals surface area contributed by atoms with E-state index in [4.69, 9.17) is 0 Å². The first kappa shape index (κ1) is 10.4. The van der Waals surface area contributed by atoms with Crippen molar-refractivity contribution in [3.63, 3.8) is 0 Å². The van der Waals surface area contributed by atoms with E-state index in [0.717, 1.165) is 6.42 Å². The third-order valence-electron chi connectivity index (χ3n) is 1.76. The zero-order valence-corrected chi connectivity index (χ0v) is 7.71. The number of nitrogens with zero attached hydrogens (tertiary/aromatic N) is 1. The van der Waals surface area contributed by atoms with Gasteiger partial charge in [-0.25, -0.2) is 0 Å². The van der Waals surface area contributed by atoms with Gasteiger partial charge in [0.15, 0.2) is 0 Å². The zero-order chi connectivity index (χ0) is 8.53. The fourth-order valence-electron chi connectivity index (χ4n) is 1.21. The quantitative estimate of drug-likeness (QED) is 0.411. The summed E-state index contributed by atoms with van der Waals surface area (Å²) in [5.74, 6) is 0.669. The van der Waals surface area contributed by atoms with Crippen LogP contribution in [0.4, 0.5) is 0 Å². The number of hydrogen-bond acceptors (Lipinski definition) is 1. The molecule has 0 rings (SSSR count). The van der Waals surface area contributed by atoms with Gasteiger partial charge in [0.25, 0.3) is 0 Å². The molecule has 0 heterocycles. The van der Waals surface area contributed by atoms with Crippen molar-refractivity contribution in [1.82, 2.24) is 0 Å². The highest BCUT2D eigenvalue weighted by Gasteiger charge is 2.01. The second-order valence-corrected chi connectivity index (χ2v) is 2.82. The minimum absolute atomic E-state index is 0.669. The summed E-state index contributed by atoms with van der Waals surface area (Å²) in [6, 6.07) is 0. The van der Waals surface area contributed by atoms with Crippen LogP contribution in [0.15, 0.2) is 17.6 Å². The average molecular weight is 153 g/mol. The SMILES string of the molecule is C=CCCC(C=NC)CCC. The lowest BCUT2D eigenvalue weighted by Gasteiger charge is -2.07. The molecule has 0 fully saturated rings. The summed E-state index contributed by atoms with van der Waals surface area (Å²) in [5, 5.41) is 0. The molecule has 11 heavy (non-hydrogen) atoms. The van der Waals surface area contributed by atoms with E-state index in [1.807, 2.05) is 13.1 Å². The Labute approximate surface area is 70.2 Å². The molecule has 0 saturated carbocycles. The van der Waals surface area contributed by atoms with Crippen LogP contribution in [0, 0.1) is 5.92 Å². The lowest BCUT2D eigenvalue weighted by atomic mass is 9.99. The van der Waals surface area contributed by atoms with Crippen LogP contribution >= 0.6 is 0 Å². The van der Waals surface area contributed by atoms with Crippen LogP contribution < -0.4 is 0 Å². The topological polar surface area (TPSA) is 12.4 Å². The molecule has 0 radical (unpaired) electrons. The average Bonchev–Trinajstić information content (AvgIpc) is 2.01. The fourth-order valence-corrected chi connectivity index (χ4v) is 1.21. The van der Waals surface area contributed by atoms with Gasteiger partial charge in [-0.2, -0.15) is 0 Å². The third kappa shape index (κ3) is 5.84. The molecule has 0 N–H and O–H groups in total. The molecule has 64 valence electrons. The first-order chi connectivity index (χ1) is 5.35. The molecule has 1 heteroatoms. The zero-order valence-electron chi connectivity index (χ0n) is 7.71. The van der Waals surface area contributed by atoms with E-state index in [1.165, 1.54) is 19.3 Å². The Morgan fingerprint density at radius 3 is 2.64 bits per heavy atom. The molecule has 1 nitrogen and oxygen atoms in total. The van der Waals surface area contributed by atoms with Crippen molar-refractivity contribution < 1.29 is 0 Å². The highest BCUT2D eigenvalue weighted by atomic mass is 14.6. The van der Waals surface area contributed by atoms with Gasteiger partial charge in [0.2, 0.25) is 0 Å². The number of aliphatic imine (C=N–C) groups is 1. The van der Waals surface area contributed by atoms with Crippen LogP contribution in [0.1, 0.15) is 32.6 Å². The van der Waals surface area contributed by atoms with E-state index in [0.29, 0.717) is 5.92 Å². The molecular weight excluding hydrogens is 134 g/mol. The summed E-state index contributed by atoms with van der Waals surface area (Å²) < 4.78 is 0. The predicted molar refractivity (Wildman–Crippen MR) is 52.2 cm³/mol. The maximum Gasteiger partial charge on any atom is 0.0273 e. The normalized spacial score (nSPS) is 13.6. The Morgan fingerprint density at radius 1 is 1.45 bits per heavy atom. The minimum Gasteiger partial charge on any atom is -0.301 e. The molecule has 0 bridgehead atoms. The van der Waals surface area contributed by atoms with Crippen molar-refractivity contribution in [2.45, 2.75) is 32.6 Å². The largest absolute Gasteiger partial charge is 0.301 e. The number of allylic oxidation sites excluding steroid dienone is 1. The fraction of sp³-hybridized carbons (Fsp3) is 0.700. The molecule has 0 aliphatic carbocycles. The van der Waals surface area contributed by atoms with Gasteiger partial charge in [-0.15, -0.1) is 6.58 Å². The molecule has 0 aliphatic rings. The predicted octanol–water partition coefficient (Wildman–Crippen LogP) is 3.07. The summed E-state index contributed by atoms with van der Waals surface area (Å²) in [6.07, 6.45) is 8.85. The van der Waals surface area contributed by atoms with Crippen molar-refractivity contribution in [2.75, 3.05) is 7.05 Å². The molecule has 0 aliphatic heterocycles. The van der Waals surface area contributed by atoms with Crippen LogP contribution in [0.2, 0.25) is 0 Å². The van der Waals surface area contributed by atoms with E-state index < -0.39 is 0 Å². The van der Waals surface area contributed by atoms with E-state index in [1.54, 1.807) is 0 Å². The Morgan fingerprint density at radius 2 is 2.18 bits per heavy atom. The van der Waals surface area contributed by atoms with Gasteiger partial charge in [-0.1, -0.05) is 19.4 Å². The molecule has 0 amide bonds. The Hall–Kier alpha value is -0.590. The summed E-state index contributed by atoms with van der Waals surface area (Å²) in [5.41, 5.74) is 0. The number of rotatable bonds is 6. The third-order valence-corrected chi connectivity index (χ3v) is 1.76. The van der Waals surface area contributed by atoms with Crippen molar-refractivity contribution >= 4 is 6.21 Å². The molecule has 0 saturated heterocycles. The van der Waals surface area contributed by atoms with E-state index in [9.17, 15) is 0 Å². The molecule has 0 aromatic heterocycles. The second-order valence-electron chi connectivity index (χ2n) is 2.82. The van der Waals surface area contributed by atoms with Gasteiger partial charge in [0.1, 0.15) is 0 Å². The first-order valence-electron chi connectivity index (χ1n) is 4.38. The van der Waals surface area contributed by atoms with Crippen LogP contribution in [-0.2, 0) is 0 Å². The minimum atomic E-state index is 0.669. The van der Waals surface area contributed by atoms with Crippen LogP contribution in [0.25, 0.3) is 0 Å². The standard InChI is InChI=1S/C10H19N/c1-4-6-8-10(7-5-2)9-11-3/h4,9-10H,1,5-8H2,2-3H3. The molecular formula is C10H19N. The number of hydrogen-bond donors (Lipinski definition) is 0. The maximum atomic E-state index is 4.05. The monoisotopic (exact) mass is 153 g/mol. The van der Waals surface area contributed by atoms with E-state index >= 15 is 0 Å². The smallest absolute Gasteiger partial charge is 0.0273 e. The highest BCUT2D eigenvalue weighted by Crippen LogP contribution is 2.10. The van der Waals surface area contributed by atoms with E-state index in [2.05, 4.69) is 24.7 Å². The summed E-state index contributed by atoms with van der Waals surface area (Å²) >= 11 is 0. The van der Waals surface area contributed by atoms with Crippen molar-refractivity contribution in [3.05, 3.63) is 12.7 Å². The molecule has 1 unspecified atom stereocenters. The van der Waals surface area contributed by atoms with Crippen molar-refractivity contribution in [3.8, 4) is 0 Å². The summed E-state index contributed by atoms with van der Waals surface area (Å²) in [7, 11) is 1.84. The first-order valence-corrected chi connectivity index (χ1v) is 4.38. The lowest BCUT2D eigenvalue weighted by molar-refractivity contribution is 0.581. The van der Waals surface area contributed by atoms with Gasteiger partial charge < -0.3 is 4.99 Å². The maximum absolute atomic E-state index is 4.05. The highest BCUT2D eigenvalue weighted by molar-refractivity contribution is 5.60. The van der Waals surface area contributed by atoms with Crippen molar-refractivity contribution in [2.24, 2.45) is 10.9 Å². The summed E-state index contributed by atoms with van der Waals surface area (Å²) in [6.45, 7) is 5.92. The van der Waals surface area contributed by atoms with Gasteiger partial charge in [-0.3, -0.25) is 0 Å². The van der Waals surface area contributed by atoms with Crippen LogP contribution in [0.3, 0.4) is 0 Å². The lowest BCUT2D eigenvalue weighted by Crippen LogP contribution is -2.00. The van der Waals surface area contributed by atoms with Gasteiger partial charge in [-0.05, 0) is 25.2 Å². The Balaban J connectivity index is 3.59. The second kappa shape index (κ2) is 7.52. The van der Waals surface area contributed by atoms with Gasteiger partial charge in [0.05, 0.1) is 0 Å². The summed E-state index contributed by atoms with van der Waals surface area (Å²) in [4.78, 5) is 4.05. The van der Waals surface area contributed by atoms with Gasteiger partial charge >= 0.3 is 0 Å². The molecule has 0 aromatic carbocycles. The van der Waals surface area contributed by atoms with Crippen LogP contribution in [-0.4, -0.2) is 13.3 Å². The molecule has 0 aromatic rings. The van der Waals surface area contributed by atoms with Crippen molar-refractivity contribution in [1.29, 1.82) is 0 Å². The van der Waals surface area contributed by atoms with E-state index in [-0.39, 0.29) is 0 Å².